The molecule has 2 aliphatic heterocycles. The monoisotopic (exact) mass is 405 g/mol. The minimum absolute atomic E-state index is 0.0672. The normalized spacial score (nSPS) is 20.6. The minimum atomic E-state index is -0.415. The van der Waals surface area contributed by atoms with E-state index in [0.29, 0.717) is 18.7 Å². The molecule has 2 heterocycles. The lowest BCUT2D eigenvalue weighted by Crippen LogP contribution is -2.50. The molecule has 0 aromatic heterocycles. The molecule has 156 valence electrons. The van der Waals surface area contributed by atoms with Gasteiger partial charge in [0.15, 0.2) is 0 Å². The summed E-state index contributed by atoms with van der Waals surface area (Å²) in [7, 11) is 0. The van der Waals surface area contributed by atoms with Gasteiger partial charge < -0.3 is 5.32 Å². The second kappa shape index (κ2) is 8.40. The maximum Gasteiger partial charge on any atom is 0.251 e. The van der Waals surface area contributed by atoms with Crippen LogP contribution in [0.3, 0.4) is 0 Å². The topological polar surface area (TPSA) is 69.7 Å². The van der Waals surface area contributed by atoms with Gasteiger partial charge in [0, 0.05) is 24.7 Å². The summed E-state index contributed by atoms with van der Waals surface area (Å²) < 4.78 is 0. The van der Waals surface area contributed by atoms with E-state index < -0.39 is 6.04 Å². The van der Waals surface area contributed by atoms with E-state index >= 15 is 0 Å². The summed E-state index contributed by atoms with van der Waals surface area (Å²) in [5.41, 5.74) is 3.24. The first-order chi connectivity index (χ1) is 14.5. The molecule has 2 saturated heterocycles. The van der Waals surface area contributed by atoms with Gasteiger partial charge in [-0.25, -0.2) is 4.90 Å². The highest BCUT2D eigenvalue weighted by Gasteiger charge is 2.44. The fourth-order valence-electron chi connectivity index (χ4n) is 4.51. The summed E-state index contributed by atoms with van der Waals surface area (Å²) in [6.07, 6.45) is 1.74. The number of hydrogen-bond acceptors (Lipinski definition) is 4. The average molecular weight is 405 g/mol. The predicted molar refractivity (Wildman–Crippen MR) is 115 cm³/mol. The molecule has 1 unspecified atom stereocenters. The van der Waals surface area contributed by atoms with E-state index in [4.69, 9.17) is 0 Å². The average Bonchev–Trinajstić information content (AvgIpc) is 3.03. The lowest BCUT2D eigenvalue weighted by molar-refractivity contribution is -0.123. The van der Waals surface area contributed by atoms with Crippen molar-refractivity contribution in [3.63, 3.8) is 0 Å². The highest BCUT2D eigenvalue weighted by Crippen LogP contribution is 2.32. The molecule has 0 radical (unpaired) electrons. The molecule has 2 aliphatic rings. The van der Waals surface area contributed by atoms with Gasteiger partial charge in [-0.15, -0.1) is 0 Å². The predicted octanol–water partition coefficient (Wildman–Crippen LogP) is 2.83. The van der Waals surface area contributed by atoms with E-state index in [1.807, 2.05) is 50.2 Å². The number of para-hydroxylation sites is 1. The molecule has 2 fully saturated rings. The van der Waals surface area contributed by atoms with Gasteiger partial charge in [0.25, 0.3) is 11.8 Å². The number of hydrogen-bond donors (Lipinski definition) is 1. The van der Waals surface area contributed by atoms with Gasteiger partial charge >= 0.3 is 0 Å². The molecule has 0 aliphatic carbocycles. The second-order valence-electron chi connectivity index (χ2n) is 8.18. The van der Waals surface area contributed by atoms with Crippen LogP contribution in [-0.4, -0.2) is 47.8 Å². The molecule has 6 nitrogen and oxygen atoms in total. The quantitative estimate of drug-likeness (QED) is 0.795. The number of amides is 3. The van der Waals surface area contributed by atoms with Crippen molar-refractivity contribution in [3.8, 4) is 0 Å². The molecule has 0 bridgehead atoms. The Labute approximate surface area is 176 Å². The number of likely N-dealkylation sites (tertiary alicyclic amines) is 1. The van der Waals surface area contributed by atoms with Crippen molar-refractivity contribution in [1.29, 1.82) is 0 Å². The van der Waals surface area contributed by atoms with Gasteiger partial charge in [0.2, 0.25) is 5.91 Å². The molecule has 0 saturated carbocycles. The number of rotatable bonds is 4. The molecular formula is C24H27N3O3. The van der Waals surface area contributed by atoms with E-state index in [0.717, 1.165) is 29.7 Å². The van der Waals surface area contributed by atoms with Crippen LogP contribution in [0.4, 0.5) is 5.69 Å². The maximum atomic E-state index is 13.2. The summed E-state index contributed by atoms with van der Waals surface area (Å²) in [5, 5.41) is 3.09. The Kier molecular flexibility index (Phi) is 5.68. The third-order valence-corrected chi connectivity index (χ3v) is 6.13. The van der Waals surface area contributed by atoms with Gasteiger partial charge in [0.05, 0.1) is 18.2 Å². The number of carbonyl (C=O) groups is 3. The van der Waals surface area contributed by atoms with Crippen LogP contribution in [-0.2, 0) is 9.59 Å². The van der Waals surface area contributed by atoms with Crippen LogP contribution in [0.25, 0.3) is 0 Å². The van der Waals surface area contributed by atoms with Gasteiger partial charge in [-0.3, -0.25) is 19.3 Å². The lowest BCUT2D eigenvalue weighted by atomic mass is 10.0. The molecule has 4 rings (SSSR count). The largest absolute Gasteiger partial charge is 0.349 e. The van der Waals surface area contributed by atoms with Crippen LogP contribution in [0.15, 0.2) is 48.5 Å². The van der Waals surface area contributed by atoms with Gasteiger partial charge in [-0.05, 0) is 49.9 Å². The first kappa shape index (κ1) is 20.3. The molecule has 6 heteroatoms. The van der Waals surface area contributed by atoms with Crippen LogP contribution < -0.4 is 10.2 Å². The van der Waals surface area contributed by atoms with E-state index in [2.05, 4.69) is 10.2 Å². The molecule has 2 aromatic rings. The summed E-state index contributed by atoms with van der Waals surface area (Å²) >= 11 is 0. The van der Waals surface area contributed by atoms with Gasteiger partial charge in [-0.1, -0.05) is 36.4 Å². The van der Waals surface area contributed by atoms with Crippen molar-refractivity contribution in [3.05, 3.63) is 65.2 Å². The smallest absolute Gasteiger partial charge is 0.251 e. The highest BCUT2D eigenvalue weighted by atomic mass is 16.2. The van der Waals surface area contributed by atoms with Gasteiger partial charge in [-0.2, -0.15) is 0 Å². The number of nitrogens with zero attached hydrogens (tertiary/aromatic N) is 2. The van der Waals surface area contributed by atoms with Crippen LogP contribution in [0.5, 0.6) is 0 Å². The Bertz CT molecular complexity index is 945. The number of piperidine rings is 1. The van der Waals surface area contributed by atoms with Crippen molar-refractivity contribution in [1.82, 2.24) is 10.2 Å². The number of anilines is 1. The fraction of sp³-hybridized carbons (Fsp3) is 0.375. The number of carbonyl (C=O) groups excluding carboxylic acids is 3. The van der Waals surface area contributed by atoms with E-state index in [9.17, 15) is 14.4 Å². The number of aryl methyl sites for hydroxylation is 2. The Morgan fingerprint density at radius 1 is 0.933 bits per heavy atom. The third kappa shape index (κ3) is 3.87. The summed E-state index contributed by atoms with van der Waals surface area (Å²) in [6.45, 7) is 5.22. The standard InChI is InChI=1S/C24H27N3O3/c1-16-7-6-8-17(2)22(16)27-21(28)15-20(24(27)30)26-13-11-19(12-14-26)25-23(29)18-9-4-3-5-10-18/h3-10,19-20H,11-15H2,1-2H3,(H,25,29). The van der Waals surface area contributed by atoms with E-state index in [1.54, 1.807) is 12.1 Å². The Hall–Kier alpha value is -2.99. The lowest BCUT2D eigenvalue weighted by Gasteiger charge is -2.35. The molecule has 1 atom stereocenters. The van der Waals surface area contributed by atoms with Crippen molar-refractivity contribution >= 4 is 23.4 Å². The molecule has 30 heavy (non-hydrogen) atoms. The Morgan fingerprint density at radius 2 is 1.57 bits per heavy atom. The van der Waals surface area contributed by atoms with Crippen LogP contribution in [0, 0.1) is 13.8 Å². The molecule has 0 spiro atoms. The number of benzene rings is 2. The van der Waals surface area contributed by atoms with Crippen LogP contribution >= 0.6 is 0 Å². The number of imide groups is 1. The molecule has 1 N–H and O–H groups in total. The first-order valence-corrected chi connectivity index (χ1v) is 10.5. The maximum absolute atomic E-state index is 13.2. The number of nitrogens with one attached hydrogen (secondary N) is 1. The van der Waals surface area contributed by atoms with Crippen LogP contribution in [0.2, 0.25) is 0 Å². The first-order valence-electron chi connectivity index (χ1n) is 10.5. The van der Waals surface area contributed by atoms with E-state index in [-0.39, 0.29) is 30.2 Å². The zero-order chi connectivity index (χ0) is 21.3. The Morgan fingerprint density at radius 3 is 2.20 bits per heavy atom. The van der Waals surface area contributed by atoms with E-state index in [1.165, 1.54) is 4.90 Å². The van der Waals surface area contributed by atoms with Crippen molar-refractivity contribution in [2.75, 3.05) is 18.0 Å². The zero-order valence-electron chi connectivity index (χ0n) is 17.4. The Balaban J connectivity index is 1.39. The molecule has 2 aromatic carbocycles. The highest BCUT2D eigenvalue weighted by molar-refractivity contribution is 6.23. The van der Waals surface area contributed by atoms with Crippen molar-refractivity contribution in [2.45, 2.75) is 45.2 Å². The third-order valence-electron chi connectivity index (χ3n) is 6.13. The van der Waals surface area contributed by atoms with Crippen molar-refractivity contribution in [2.24, 2.45) is 0 Å². The zero-order valence-corrected chi connectivity index (χ0v) is 17.4. The van der Waals surface area contributed by atoms with Gasteiger partial charge in [0.1, 0.15) is 0 Å². The molecule has 3 amide bonds. The second-order valence-corrected chi connectivity index (χ2v) is 8.18. The van der Waals surface area contributed by atoms with Crippen LogP contribution in [0.1, 0.15) is 40.7 Å². The SMILES string of the molecule is Cc1cccc(C)c1N1C(=O)CC(N2CCC(NC(=O)c3ccccc3)CC2)C1=O. The minimum Gasteiger partial charge on any atom is -0.349 e. The summed E-state index contributed by atoms with van der Waals surface area (Å²) in [4.78, 5) is 41.7. The fourth-order valence-corrected chi connectivity index (χ4v) is 4.51. The summed E-state index contributed by atoms with van der Waals surface area (Å²) in [5.74, 6) is -0.339. The summed E-state index contributed by atoms with van der Waals surface area (Å²) in [6, 6.07) is 14.6. The molecular weight excluding hydrogens is 378 g/mol. The van der Waals surface area contributed by atoms with Crippen molar-refractivity contribution < 1.29 is 14.4 Å².